The Labute approximate surface area is 130 Å². The molecule has 2 unspecified atom stereocenters. The van der Waals surface area contributed by atoms with E-state index in [4.69, 9.17) is 5.73 Å². The van der Waals surface area contributed by atoms with Crippen LogP contribution < -0.4 is 16.4 Å². The molecule has 0 radical (unpaired) electrons. The van der Waals surface area contributed by atoms with Crippen molar-refractivity contribution < 1.29 is 4.79 Å². The average Bonchev–Trinajstić information content (AvgIpc) is 2.81. The molecule has 6 nitrogen and oxygen atoms in total. The number of nitrogens with zero attached hydrogens (tertiary/aromatic N) is 2. The van der Waals surface area contributed by atoms with Crippen molar-refractivity contribution in [2.24, 2.45) is 5.92 Å². The summed E-state index contributed by atoms with van der Waals surface area (Å²) in [5, 5.41) is 7.00. The summed E-state index contributed by atoms with van der Waals surface area (Å²) in [5.74, 6) is 0.659. The molecule has 1 aliphatic heterocycles. The van der Waals surface area contributed by atoms with Crippen LogP contribution in [-0.2, 0) is 0 Å². The third-order valence-corrected chi connectivity index (χ3v) is 4.84. The number of amides is 1. The van der Waals surface area contributed by atoms with Gasteiger partial charge in [-0.1, -0.05) is 25.2 Å². The maximum atomic E-state index is 12.4. The smallest absolute Gasteiger partial charge is 0.265 e. The van der Waals surface area contributed by atoms with E-state index in [9.17, 15) is 4.79 Å². The lowest BCUT2D eigenvalue weighted by Gasteiger charge is -2.35. The molecule has 1 aromatic heterocycles. The van der Waals surface area contributed by atoms with Gasteiger partial charge in [0.1, 0.15) is 10.7 Å². The Bertz CT molecular complexity index is 490. The molecule has 1 aromatic rings. The van der Waals surface area contributed by atoms with Crippen LogP contribution in [0, 0.1) is 5.92 Å². The minimum absolute atomic E-state index is 0.101. The number of carbonyl (C=O) groups is 1. The second-order valence-corrected chi connectivity index (χ2v) is 6.77. The number of likely N-dealkylation sites (tertiary alicyclic amines) is 1. The largest absolute Gasteiger partial charge is 0.382 e. The van der Waals surface area contributed by atoms with Gasteiger partial charge in [-0.15, -0.1) is 0 Å². The minimum atomic E-state index is -0.101. The molecule has 4 N–H and O–H groups in total. The molecule has 2 rings (SSSR count). The Morgan fingerprint density at radius 1 is 1.57 bits per heavy atom. The first-order valence-corrected chi connectivity index (χ1v) is 8.32. The van der Waals surface area contributed by atoms with Crippen LogP contribution in [0.5, 0.6) is 0 Å². The molecule has 0 aromatic carbocycles. The van der Waals surface area contributed by atoms with Crippen LogP contribution >= 0.6 is 11.3 Å². The number of aromatic nitrogens is 1. The van der Waals surface area contributed by atoms with Crippen LogP contribution in [0.1, 0.15) is 36.4 Å². The minimum Gasteiger partial charge on any atom is -0.382 e. The molecule has 2 atom stereocenters. The second kappa shape index (κ2) is 7.09. The van der Waals surface area contributed by atoms with Gasteiger partial charge in [-0.2, -0.15) is 0 Å². The molecular formula is C14H25N5OS. The first-order valence-electron chi connectivity index (χ1n) is 7.50. The van der Waals surface area contributed by atoms with E-state index < -0.39 is 0 Å². The summed E-state index contributed by atoms with van der Waals surface area (Å²) in [5.41, 5.74) is 5.87. The molecule has 2 heterocycles. The Balaban J connectivity index is 1.98. The van der Waals surface area contributed by atoms with Gasteiger partial charge in [0.15, 0.2) is 5.13 Å². The van der Waals surface area contributed by atoms with Crippen LogP contribution in [0.4, 0.5) is 10.9 Å². The van der Waals surface area contributed by atoms with Crippen molar-refractivity contribution in [3.8, 4) is 0 Å². The summed E-state index contributed by atoms with van der Waals surface area (Å²) in [4.78, 5) is 19.4. The Morgan fingerprint density at radius 3 is 3.00 bits per heavy atom. The number of hydrogen-bond acceptors (Lipinski definition) is 6. The number of piperidine rings is 1. The maximum Gasteiger partial charge on any atom is 0.265 e. The predicted octanol–water partition coefficient (Wildman–Crippen LogP) is 1.62. The average molecular weight is 311 g/mol. The summed E-state index contributed by atoms with van der Waals surface area (Å²) in [6, 6.07) is 0.210. The molecule has 118 valence electrons. The highest BCUT2D eigenvalue weighted by molar-refractivity contribution is 7.18. The topological polar surface area (TPSA) is 83.3 Å². The van der Waals surface area contributed by atoms with Crippen LogP contribution in [0.15, 0.2) is 0 Å². The summed E-state index contributed by atoms with van der Waals surface area (Å²) in [7, 11) is 2.11. The molecular weight excluding hydrogens is 286 g/mol. The summed E-state index contributed by atoms with van der Waals surface area (Å²) in [6.45, 7) is 7.10. The highest BCUT2D eigenvalue weighted by Crippen LogP contribution is 2.25. The normalized spacial score (nSPS) is 23.0. The second-order valence-electron chi connectivity index (χ2n) is 5.77. The van der Waals surface area contributed by atoms with E-state index in [-0.39, 0.29) is 11.9 Å². The first-order chi connectivity index (χ1) is 10.0. The quantitative estimate of drug-likeness (QED) is 0.769. The molecule has 0 spiro atoms. The lowest BCUT2D eigenvalue weighted by atomic mass is 9.94. The number of nitrogens with one attached hydrogen (secondary N) is 2. The number of thiazole rings is 1. The molecule has 21 heavy (non-hydrogen) atoms. The van der Waals surface area contributed by atoms with Crippen molar-refractivity contribution in [3.63, 3.8) is 0 Å². The highest BCUT2D eigenvalue weighted by Gasteiger charge is 2.27. The van der Waals surface area contributed by atoms with Crippen molar-refractivity contribution >= 4 is 28.2 Å². The zero-order valence-electron chi connectivity index (χ0n) is 13.0. The highest BCUT2D eigenvalue weighted by atomic mass is 32.1. The standard InChI is InChI=1S/C14H25N5OS/c1-4-6-16-14-18-12(15)11(21-14)13(20)17-10-5-7-19(3)8-9(10)2/h9-10H,4-8,15H2,1-3H3,(H,16,18)(H,17,20). The fourth-order valence-corrected chi connectivity index (χ4v) is 3.42. The van der Waals surface area contributed by atoms with Crippen molar-refractivity contribution in [1.29, 1.82) is 0 Å². The number of nitrogen functional groups attached to an aromatic ring is 1. The van der Waals surface area contributed by atoms with Gasteiger partial charge in [-0.05, 0) is 32.4 Å². The van der Waals surface area contributed by atoms with E-state index in [1.165, 1.54) is 11.3 Å². The maximum absolute atomic E-state index is 12.4. The molecule has 7 heteroatoms. The fourth-order valence-electron chi connectivity index (χ4n) is 2.60. The third-order valence-electron chi connectivity index (χ3n) is 3.81. The van der Waals surface area contributed by atoms with E-state index in [2.05, 4.69) is 41.4 Å². The van der Waals surface area contributed by atoms with Gasteiger partial charge in [0, 0.05) is 19.1 Å². The molecule has 0 aliphatic carbocycles. The summed E-state index contributed by atoms with van der Waals surface area (Å²) in [6.07, 6.45) is 1.98. The van der Waals surface area contributed by atoms with Crippen LogP contribution in [-0.4, -0.2) is 48.5 Å². The van der Waals surface area contributed by atoms with Crippen LogP contribution in [0.3, 0.4) is 0 Å². The Hall–Kier alpha value is -1.34. The lowest BCUT2D eigenvalue weighted by Crippen LogP contribution is -2.48. The van der Waals surface area contributed by atoms with Gasteiger partial charge < -0.3 is 21.3 Å². The van der Waals surface area contributed by atoms with Crippen LogP contribution in [0.2, 0.25) is 0 Å². The Morgan fingerprint density at radius 2 is 2.33 bits per heavy atom. The molecule has 1 aliphatic rings. The van der Waals surface area contributed by atoms with E-state index in [0.717, 1.165) is 37.6 Å². The zero-order chi connectivity index (χ0) is 15.4. The van der Waals surface area contributed by atoms with E-state index >= 15 is 0 Å². The number of anilines is 2. The SMILES string of the molecule is CCCNc1nc(N)c(C(=O)NC2CCN(C)CC2C)s1. The summed E-state index contributed by atoms with van der Waals surface area (Å²) < 4.78 is 0. The monoisotopic (exact) mass is 311 g/mol. The van der Waals surface area contributed by atoms with Gasteiger partial charge in [-0.25, -0.2) is 4.98 Å². The first kappa shape index (κ1) is 16.0. The zero-order valence-corrected chi connectivity index (χ0v) is 13.8. The van der Waals surface area contributed by atoms with E-state index in [1.54, 1.807) is 0 Å². The molecule has 1 amide bonds. The predicted molar refractivity (Wildman–Crippen MR) is 87.8 cm³/mol. The van der Waals surface area contributed by atoms with Crippen molar-refractivity contribution in [1.82, 2.24) is 15.2 Å². The van der Waals surface area contributed by atoms with Gasteiger partial charge in [0.05, 0.1) is 0 Å². The fraction of sp³-hybridized carbons (Fsp3) is 0.714. The molecule has 1 saturated heterocycles. The van der Waals surface area contributed by atoms with Crippen LogP contribution in [0.25, 0.3) is 0 Å². The van der Waals surface area contributed by atoms with Crippen molar-refractivity contribution in [3.05, 3.63) is 4.88 Å². The van der Waals surface area contributed by atoms with Gasteiger partial charge in [0.25, 0.3) is 5.91 Å². The van der Waals surface area contributed by atoms with E-state index in [1.807, 2.05) is 0 Å². The Kier molecular flexibility index (Phi) is 5.41. The number of carbonyl (C=O) groups excluding carboxylic acids is 1. The molecule has 1 fully saturated rings. The van der Waals surface area contributed by atoms with Gasteiger partial charge in [0.2, 0.25) is 0 Å². The third kappa shape index (κ3) is 4.07. The van der Waals surface area contributed by atoms with E-state index in [0.29, 0.717) is 16.6 Å². The van der Waals surface area contributed by atoms with Gasteiger partial charge in [-0.3, -0.25) is 4.79 Å². The molecule has 0 saturated carbocycles. The number of rotatable bonds is 5. The number of nitrogens with two attached hydrogens (primary N) is 1. The summed E-state index contributed by atoms with van der Waals surface area (Å²) >= 11 is 1.33. The van der Waals surface area contributed by atoms with Crippen molar-refractivity contribution in [2.75, 3.05) is 37.7 Å². The van der Waals surface area contributed by atoms with Gasteiger partial charge >= 0.3 is 0 Å². The molecule has 0 bridgehead atoms. The lowest BCUT2D eigenvalue weighted by molar-refractivity contribution is 0.0888. The number of hydrogen-bond donors (Lipinski definition) is 3. The van der Waals surface area contributed by atoms with Crippen molar-refractivity contribution in [2.45, 2.75) is 32.7 Å².